The van der Waals surface area contributed by atoms with Gasteiger partial charge >= 0.3 is 0 Å². The zero-order valence-corrected chi connectivity index (χ0v) is 33.6. The smallest absolute Gasteiger partial charge is 0.164 e. The third kappa shape index (κ3) is 6.22. The Bertz CT molecular complexity index is 3160. The Kier molecular flexibility index (Phi) is 8.56. The summed E-state index contributed by atoms with van der Waals surface area (Å²) in [5.74, 6) is 2.92. The summed E-state index contributed by atoms with van der Waals surface area (Å²) < 4.78 is 0. The Balaban J connectivity index is 0.916. The molecule has 0 radical (unpaired) electrons. The van der Waals surface area contributed by atoms with E-state index in [2.05, 4.69) is 140 Å². The summed E-state index contributed by atoms with van der Waals surface area (Å²) >= 11 is 0. The van der Waals surface area contributed by atoms with Crippen LogP contribution in [0, 0.1) is 0 Å². The molecule has 13 rings (SSSR count). The molecular weight excluding hydrogens is 755 g/mol. The molecule has 2 bridgehead atoms. The molecule has 3 aliphatic carbocycles. The van der Waals surface area contributed by atoms with Crippen LogP contribution in [0.5, 0.6) is 0 Å². The van der Waals surface area contributed by atoms with Crippen molar-refractivity contribution in [2.45, 2.75) is 11.8 Å². The third-order valence-corrected chi connectivity index (χ3v) is 12.3. The molecule has 2 unspecified atom stereocenters. The number of rotatable bonds is 7. The molecule has 62 heavy (non-hydrogen) atoms. The highest BCUT2D eigenvalue weighted by atomic mass is 15.0. The van der Waals surface area contributed by atoms with E-state index in [1.165, 1.54) is 44.5 Å². The number of nitrogens with zero attached hydrogens (tertiary/aromatic N) is 5. The fraction of sp³-hybridized carbons (Fsp3) is 0.0351. The van der Waals surface area contributed by atoms with Crippen LogP contribution in [0.3, 0.4) is 0 Å². The number of hydrogen-bond donors (Lipinski definition) is 0. The third-order valence-electron chi connectivity index (χ3n) is 12.3. The molecule has 8 aromatic carbocycles. The van der Waals surface area contributed by atoms with E-state index in [1.54, 1.807) is 0 Å². The van der Waals surface area contributed by atoms with Crippen LogP contribution in [0.15, 0.2) is 212 Å². The summed E-state index contributed by atoms with van der Waals surface area (Å²) in [4.78, 5) is 25.1. The van der Waals surface area contributed by atoms with Crippen LogP contribution in [0.25, 0.3) is 79.2 Å². The van der Waals surface area contributed by atoms with Crippen molar-refractivity contribution in [1.82, 2.24) is 24.9 Å². The Morgan fingerprint density at radius 2 is 0.532 bits per heavy atom. The monoisotopic (exact) mass is 791 g/mol. The summed E-state index contributed by atoms with van der Waals surface area (Å²) in [5.41, 5.74) is 18.3. The van der Waals surface area contributed by atoms with Gasteiger partial charge in [-0.2, -0.15) is 0 Å². The van der Waals surface area contributed by atoms with Crippen LogP contribution in [0.2, 0.25) is 0 Å². The van der Waals surface area contributed by atoms with Gasteiger partial charge in [-0.05, 0) is 62.7 Å². The maximum absolute atomic E-state index is 5.08. The quantitative estimate of drug-likeness (QED) is 0.161. The minimum atomic E-state index is 0.0944. The van der Waals surface area contributed by atoms with Crippen molar-refractivity contribution < 1.29 is 0 Å². The van der Waals surface area contributed by atoms with Gasteiger partial charge in [-0.3, -0.25) is 0 Å². The Morgan fingerprint density at radius 3 is 1.02 bits per heavy atom. The summed E-state index contributed by atoms with van der Waals surface area (Å²) in [6.45, 7) is 0. The van der Waals surface area contributed by atoms with Crippen LogP contribution in [0.1, 0.15) is 45.2 Å². The second-order valence-electron chi connectivity index (χ2n) is 16.0. The number of hydrogen-bond acceptors (Lipinski definition) is 5. The summed E-state index contributed by atoms with van der Waals surface area (Å²) in [5, 5.41) is 0. The van der Waals surface area contributed by atoms with E-state index in [0.29, 0.717) is 23.3 Å². The Labute approximate surface area is 360 Å². The van der Waals surface area contributed by atoms with Gasteiger partial charge in [0, 0.05) is 45.2 Å². The van der Waals surface area contributed by atoms with Crippen molar-refractivity contribution in [3.8, 4) is 79.2 Å². The van der Waals surface area contributed by atoms with E-state index >= 15 is 0 Å². The summed E-state index contributed by atoms with van der Waals surface area (Å²) in [6, 6.07) is 74.7. The van der Waals surface area contributed by atoms with Gasteiger partial charge in [0.15, 0.2) is 23.3 Å². The maximum Gasteiger partial charge on any atom is 0.164 e. The maximum atomic E-state index is 5.08. The highest BCUT2D eigenvalue weighted by Gasteiger charge is 2.41. The van der Waals surface area contributed by atoms with Gasteiger partial charge in [0.2, 0.25) is 0 Å². The molecule has 5 nitrogen and oxygen atoms in total. The van der Waals surface area contributed by atoms with E-state index in [0.717, 1.165) is 44.8 Å². The van der Waals surface area contributed by atoms with Crippen molar-refractivity contribution in [3.63, 3.8) is 0 Å². The zero-order valence-electron chi connectivity index (χ0n) is 33.6. The van der Waals surface area contributed by atoms with Crippen LogP contribution in [0.4, 0.5) is 0 Å². The molecule has 0 saturated carbocycles. The lowest BCUT2D eigenvalue weighted by molar-refractivity contribution is 0.755. The lowest BCUT2D eigenvalue weighted by Crippen LogP contribution is -2.27. The Hall–Kier alpha value is -8.15. The first-order valence-electron chi connectivity index (χ1n) is 21.1. The van der Waals surface area contributed by atoms with Crippen LogP contribution >= 0.6 is 0 Å². The minimum Gasteiger partial charge on any atom is -0.228 e. The average molecular weight is 792 g/mol. The van der Waals surface area contributed by atoms with Crippen LogP contribution in [-0.4, -0.2) is 24.9 Å². The van der Waals surface area contributed by atoms with Gasteiger partial charge in [-0.1, -0.05) is 194 Å². The first kappa shape index (κ1) is 35.8. The SMILES string of the molecule is c1ccc(-c2cc(-c3ccc(-c4ccc5c(c4)C4c6ccccc6C5c5cc(-c6nc(-c7ccccc7)nc(-c7ccccc7)n6)ccc54)cc3)nc(-c3ccccc3)n2)cc1. The van der Waals surface area contributed by atoms with E-state index in [1.807, 2.05) is 72.8 Å². The summed E-state index contributed by atoms with van der Waals surface area (Å²) in [6.07, 6.45) is 0. The molecule has 2 heterocycles. The van der Waals surface area contributed by atoms with E-state index < -0.39 is 0 Å². The molecule has 0 aliphatic heterocycles. The molecule has 5 heteroatoms. The molecular formula is C57H37N5. The minimum absolute atomic E-state index is 0.0944. The topological polar surface area (TPSA) is 64.5 Å². The predicted molar refractivity (Wildman–Crippen MR) is 248 cm³/mol. The molecule has 0 N–H and O–H groups in total. The zero-order chi connectivity index (χ0) is 41.0. The molecule has 0 spiro atoms. The normalized spacial score (nSPS) is 14.5. The van der Waals surface area contributed by atoms with Crippen molar-refractivity contribution in [2.75, 3.05) is 0 Å². The summed E-state index contributed by atoms with van der Waals surface area (Å²) in [7, 11) is 0. The van der Waals surface area contributed by atoms with Crippen LogP contribution < -0.4 is 0 Å². The average Bonchev–Trinajstić information content (AvgIpc) is 3.36. The van der Waals surface area contributed by atoms with Gasteiger partial charge in [-0.25, -0.2) is 24.9 Å². The second-order valence-corrected chi connectivity index (χ2v) is 16.0. The molecule has 0 amide bonds. The highest BCUT2D eigenvalue weighted by Crippen LogP contribution is 2.56. The standard InChI is InChI=1S/C57H37N5/c1-5-15-37(16-6-1)50-35-51(59-54(58-50)39-17-7-2-8-18-39)38-27-25-36(26-28-38)42-29-31-46-48(33-42)52-44-23-13-14-24-45(44)53(46)49-34-43(30-32-47(49)52)57-61-55(40-19-9-3-10-20-40)60-56(62-57)41-21-11-4-12-22-41/h1-35,52-53H. The van der Waals surface area contributed by atoms with Gasteiger partial charge in [0.25, 0.3) is 0 Å². The fourth-order valence-electron chi connectivity index (χ4n) is 9.38. The lowest BCUT2D eigenvalue weighted by atomic mass is 9.60. The van der Waals surface area contributed by atoms with Gasteiger partial charge in [-0.15, -0.1) is 0 Å². The van der Waals surface area contributed by atoms with Gasteiger partial charge < -0.3 is 0 Å². The molecule has 10 aromatic rings. The molecule has 290 valence electrons. The molecule has 0 fully saturated rings. The first-order valence-corrected chi connectivity index (χ1v) is 21.1. The fourth-order valence-corrected chi connectivity index (χ4v) is 9.38. The molecule has 2 atom stereocenters. The van der Waals surface area contributed by atoms with E-state index in [-0.39, 0.29) is 11.8 Å². The second kappa shape index (κ2) is 14.8. The van der Waals surface area contributed by atoms with Crippen molar-refractivity contribution >= 4 is 0 Å². The van der Waals surface area contributed by atoms with E-state index in [9.17, 15) is 0 Å². The van der Waals surface area contributed by atoms with Crippen molar-refractivity contribution in [3.05, 3.63) is 246 Å². The number of aromatic nitrogens is 5. The van der Waals surface area contributed by atoms with Crippen molar-refractivity contribution in [1.29, 1.82) is 0 Å². The Morgan fingerprint density at radius 1 is 0.210 bits per heavy atom. The van der Waals surface area contributed by atoms with Crippen LogP contribution in [-0.2, 0) is 0 Å². The van der Waals surface area contributed by atoms with Crippen molar-refractivity contribution in [2.24, 2.45) is 0 Å². The molecule has 3 aliphatic rings. The first-order chi connectivity index (χ1) is 30.7. The lowest BCUT2D eigenvalue weighted by Gasteiger charge is -2.42. The largest absolute Gasteiger partial charge is 0.228 e. The van der Waals surface area contributed by atoms with E-state index in [4.69, 9.17) is 24.9 Å². The van der Waals surface area contributed by atoms with Gasteiger partial charge in [0.1, 0.15) is 0 Å². The predicted octanol–water partition coefficient (Wildman–Crippen LogP) is 13.3. The van der Waals surface area contributed by atoms with Gasteiger partial charge in [0.05, 0.1) is 11.4 Å². The molecule has 2 aromatic heterocycles. The number of benzene rings is 8. The molecule has 0 saturated heterocycles. The highest BCUT2D eigenvalue weighted by molar-refractivity contribution is 5.78.